The minimum Gasteiger partial charge on any atom is -0.463 e. The van der Waals surface area contributed by atoms with Gasteiger partial charge >= 0.3 is 5.97 Å². The van der Waals surface area contributed by atoms with Crippen molar-refractivity contribution in [3.8, 4) is 0 Å². The number of rotatable bonds is 6. The van der Waals surface area contributed by atoms with E-state index >= 15 is 0 Å². The second-order valence-corrected chi connectivity index (χ2v) is 4.65. The smallest absolute Gasteiger partial charge is 0.333 e. The zero-order valence-electron chi connectivity index (χ0n) is 11.6. The Hall–Kier alpha value is -0.870. The molecule has 104 valence electrons. The molecule has 0 unspecified atom stereocenters. The van der Waals surface area contributed by atoms with Crippen molar-refractivity contribution in [2.45, 2.75) is 64.7 Å². The predicted molar refractivity (Wildman–Crippen MR) is 71.2 cm³/mol. The van der Waals surface area contributed by atoms with Crippen molar-refractivity contribution in [3.05, 3.63) is 11.6 Å². The van der Waals surface area contributed by atoms with Crippen LogP contribution in [0.5, 0.6) is 0 Å². The molecule has 18 heavy (non-hydrogen) atoms. The van der Waals surface area contributed by atoms with Gasteiger partial charge in [0.25, 0.3) is 0 Å². The third-order valence-electron chi connectivity index (χ3n) is 3.33. The lowest BCUT2D eigenvalue weighted by molar-refractivity contribution is -0.139. The summed E-state index contributed by atoms with van der Waals surface area (Å²) in [6, 6.07) is -0.0243. The van der Waals surface area contributed by atoms with Crippen molar-refractivity contribution in [3.63, 3.8) is 0 Å². The Kier molecular flexibility index (Phi) is 6.36. The van der Waals surface area contributed by atoms with Crippen LogP contribution in [0.15, 0.2) is 11.6 Å². The fourth-order valence-corrected chi connectivity index (χ4v) is 2.13. The number of carbonyl (C=O) groups is 1. The topological polar surface area (TPSA) is 61.5 Å². The van der Waals surface area contributed by atoms with Crippen LogP contribution in [0.3, 0.4) is 0 Å². The van der Waals surface area contributed by atoms with Crippen LogP contribution in [0, 0.1) is 0 Å². The third-order valence-corrected chi connectivity index (χ3v) is 3.33. The fraction of sp³-hybridized carbons (Fsp3) is 0.786. The molecule has 1 aliphatic carbocycles. The number of hydrogen-bond donors (Lipinski definition) is 1. The lowest BCUT2D eigenvalue weighted by atomic mass is 9.93. The molecule has 0 aromatic carbocycles. The first-order chi connectivity index (χ1) is 8.62. The Bertz CT molecular complexity index is 297. The molecule has 4 heteroatoms. The lowest BCUT2D eigenvalue weighted by Gasteiger charge is -2.30. The molecule has 2 atom stereocenters. The highest BCUT2D eigenvalue weighted by Gasteiger charge is 2.27. The van der Waals surface area contributed by atoms with Crippen molar-refractivity contribution in [2.24, 2.45) is 5.73 Å². The van der Waals surface area contributed by atoms with Gasteiger partial charge in [0.05, 0.1) is 18.8 Å². The minimum absolute atomic E-state index is 0.0243. The summed E-state index contributed by atoms with van der Waals surface area (Å²) >= 11 is 0. The third kappa shape index (κ3) is 4.10. The number of esters is 1. The Morgan fingerprint density at radius 1 is 1.44 bits per heavy atom. The van der Waals surface area contributed by atoms with Gasteiger partial charge in [-0.25, -0.2) is 4.79 Å². The second-order valence-electron chi connectivity index (χ2n) is 4.65. The molecule has 0 aromatic rings. The van der Waals surface area contributed by atoms with Gasteiger partial charge in [-0.3, -0.25) is 0 Å². The number of nitrogens with two attached hydrogens (primary N) is 1. The lowest BCUT2D eigenvalue weighted by Crippen LogP contribution is -2.40. The normalized spacial score (nSPS) is 23.9. The van der Waals surface area contributed by atoms with E-state index in [-0.39, 0.29) is 24.2 Å². The molecule has 0 fully saturated rings. The van der Waals surface area contributed by atoms with Gasteiger partial charge in [0, 0.05) is 11.6 Å². The van der Waals surface area contributed by atoms with Gasteiger partial charge in [0.15, 0.2) is 0 Å². The quantitative estimate of drug-likeness (QED) is 0.739. The fourth-order valence-electron chi connectivity index (χ4n) is 2.13. The van der Waals surface area contributed by atoms with Gasteiger partial charge in [-0.2, -0.15) is 0 Å². The van der Waals surface area contributed by atoms with E-state index in [2.05, 4.69) is 13.8 Å². The zero-order valence-corrected chi connectivity index (χ0v) is 11.6. The van der Waals surface area contributed by atoms with Crippen LogP contribution in [-0.2, 0) is 14.3 Å². The zero-order chi connectivity index (χ0) is 13.5. The molecular weight excluding hydrogens is 230 g/mol. The SMILES string of the molecule is CCOC(=O)C1=C[C@@H](OC(CC)CC)[C@H](N)CC1. The maximum absolute atomic E-state index is 11.7. The molecule has 1 aliphatic rings. The van der Waals surface area contributed by atoms with E-state index in [1.165, 1.54) is 0 Å². The van der Waals surface area contributed by atoms with Crippen LogP contribution >= 0.6 is 0 Å². The maximum atomic E-state index is 11.7. The Labute approximate surface area is 110 Å². The van der Waals surface area contributed by atoms with Crippen LogP contribution in [0.4, 0.5) is 0 Å². The summed E-state index contributed by atoms with van der Waals surface area (Å²) < 4.78 is 11.0. The molecular formula is C14H25NO3. The molecule has 0 aliphatic heterocycles. The molecule has 0 heterocycles. The standard InChI is InChI=1S/C14H25NO3/c1-4-11(5-2)18-13-9-10(7-8-12(13)15)14(16)17-6-3/h9,11-13H,4-8,15H2,1-3H3/t12-,13-/m1/s1. The van der Waals surface area contributed by atoms with Crippen LogP contribution in [-0.4, -0.2) is 30.8 Å². The Morgan fingerprint density at radius 2 is 2.11 bits per heavy atom. The highest BCUT2D eigenvalue weighted by atomic mass is 16.5. The monoisotopic (exact) mass is 255 g/mol. The molecule has 0 bridgehead atoms. The highest BCUT2D eigenvalue weighted by molar-refractivity contribution is 5.88. The van der Waals surface area contributed by atoms with E-state index in [4.69, 9.17) is 15.2 Å². The van der Waals surface area contributed by atoms with Crippen molar-refractivity contribution in [2.75, 3.05) is 6.61 Å². The molecule has 0 saturated heterocycles. The van der Waals surface area contributed by atoms with Crippen molar-refractivity contribution in [1.82, 2.24) is 0 Å². The Morgan fingerprint density at radius 3 is 2.67 bits per heavy atom. The summed E-state index contributed by atoms with van der Waals surface area (Å²) in [4.78, 5) is 11.7. The van der Waals surface area contributed by atoms with Crippen LogP contribution < -0.4 is 5.73 Å². The summed E-state index contributed by atoms with van der Waals surface area (Å²) in [6.07, 6.45) is 5.27. The predicted octanol–water partition coefficient (Wildman–Crippen LogP) is 2.17. The van der Waals surface area contributed by atoms with Crippen molar-refractivity contribution < 1.29 is 14.3 Å². The molecule has 0 amide bonds. The average Bonchev–Trinajstić information content (AvgIpc) is 2.38. The number of hydrogen-bond acceptors (Lipinski definition) is 4. The maximum Gasteiger partial charge on any atom is 0.333 e. The Balaban J connectivity index is 2.69. The number of ether oxygens (including phenoxy) is 2. The van der Waals surface area contributed by atoms with Crippen molar-refractivity contribution >= 4 is 5.97 Å². The average molecular weight is 255 g/mol. The van der Waals surface area contributed by atoms with Gasteiger partial charge in [0.2, 0.25) is 0 Å². The van der Waals surface area contributed by atoms with Crippen LogP contribution in [0.1, 0.15) is 46.5 Å². The second kappa shape index (κ2) is 7.54. The summed E-state index contributed by atoms with van der Waals surface area (Å²) in [6.45, 7) is 6.41. The van der Waals surface area contributed by atoms with Crippen molar-refractivity contribution in [1.29, 1.82) is 0 Å². The molecule has 0 spiro atoms. The first kappa shape index (κ1) is 15.2. The van der Waals surface area contributed by atoms with Gasteiger partial charge in [-0.15, -0.1) is 0 Å². The van der Waals surface area contributed by atoms with Crippen LogP contribution in [0.25, 0.3) is 0 Å². The summed E-state index contributed by atoms with van der Waals surface area (Å²) in [5.41, 5.74) is 6.75. The van der Waals surface area contributed by atoms with E-state index in [1.54, 1.807) is 0 Å². The number of carbonyl (C=O) groups excluding carboxylic acids is 1. The van der Waals surface area contributed by atoms with E-state index < -0.39 is 0 Å². The van der Waals surface area contributed by atoms with E-state index in [0.717, 1.165) is 19.3 Å². The summed E-state index contributed by atoms with van der Waals surface area (Å²) in [7, 11) is 0. The molecule has 0 aromatic heterocycles. The molecule has 2 N–H and O–H groups in total. The first-order valence-electron chi connectivity index (χ1n) is 6.91. The summed E-state index contributed by atoms with van der Waals surface area (Å²) in [5.74, 6) is -0.234. The molecule has 0 saturated carbocycles. The van der Waals surface area contributed by atoms with Gasteiger partial charge in [-0.1, -0.05) is 13.8 Å². The van der Waals surface area contributed by atoms with E-state index in [0.29, 0.717) is 18.6 Å². The van der Waals surface area contributed by atoms with E-state index in [1.807, 2.05) is 13.0 Å². The van der Waals surface area contributed by atoms with Gasteiger partial charge in [0.1, 0.15) is 0 Å². The molecule has 1 rings (SSSR count). The minimum atomic E-state index is -0.234. The van der Waals surface area contributed by atoms with Gasteiger partial charge < -0.3 is 15.2 Å². The highest BCUT2D eigenvalue weighted by Crippen LogP contribution is 2.22. The molecule has 4 nitrogen and oxygen atoms in total. The van der Waals surface area contributed by atoms with Crippen LogP contribution in [0.2, 0.25) is 0 Å². The first-order valence-corrected chi connectivity index (χ1v) is 6.91. The molecule has 0 radical (unpaired) electrons. The summed E-state index contributed by atoms with van der Waals surface area (Å²) in [5, 5.41) is 0. The largest absolute Gasteiger partial charge is 0.463 e. The van der Waals surface area contributed by atoms with E-state index in [9.17, 15) is 4.79 Å². The van der Waals surface area contributed by atoms with Gasteiger partial charge in [-0.05, 0) is 38.7 Å².